The summed E-state index contributed by atoms with van der Waals surface area (Å²) in [7, 11) is 0. The van der Waals surface area contributed by atoms with Crippen molar-refractivity contribution in [1.82, 2.24) is 0 Å². The van der Waals surface area contributed by atoms with Crippen LogP contribution in [-0.2, 0) is 57.2 Å². The summed E-state index contributed by atoms with van der Waals surface area (Å²) in [6.07, 6.45) is 19.8. The fourth-order valence-electron chi connectivity index (χ4n) is 10.1. The number of carbonyl (C=O) groups excluding carboxylic acids is 6. The molecule has 0 saturated heterocycles. The van der Waals surface area contributed by atoms with Crippen LogP contribution in [0, 0.1) is 46.3 Å². The second-order valence-electron chi connectivity index (χ2n) is 19.7. The maximum Gasteiger partial charge on any atom is 0.330 e. The third-order valence-electron chi connectivity index (χ3n) is 14.5. The second-order valence-corrected chi connectivity index (χ2v) is 22.0. The van der Waals surface area contributed by atoms with E-state index in [1.54, 1.807) is 12.1 Å². The van der Waals surface area contributed by atoms with Crippen LogP contribution in [0.25, 0.3) is 0 Å². The van der Waals surface area contributed by atoms with Gasteiger partial charge in [-0.05, 0) is 153 Å². The number of rotatable bonds is 26. The van der Waals surface area contributed by atoms with Crippen molar-refractivity contribution in [1.29, 1.82) is 10.5 Å². The average Bonchev–Trinajstić information content (AvgIpc) is 3.88. The minimum Gasteiger partial charge on any atom is -0.463 e. The summed E-state index contributed by atoms with van der Waals surface area (Å²) in [5.74, 6) is -3.17. The van der Waals surface area contributed by atoms with Gasteiger partial charge in [0.05, 0.1) is 63.1 Å². The first-order valence-electron chi connectivity index (χ1n) is 26.7. The van der Waals surface area contributed by atoms with E-state index >= 15 is 0 Å². The Hall–Kier alpha value is -5.14. The predicted molar refractivity (Wildman–Crippen MR) is 274 cm³/mol. The summed E-state index contributed by atoms with van der Waals surface area (Å²) in [6.45, 7) is 8.92. The molecule has 1 heterocycles. The van der Waals surface area contributed by atoms with Gasteiger partial charge >= 0.3 is 35.8 Å². The zero-order chi connectivity index (χ0) is 52.7. The number of hydrogen-bond acceptors (Lipinski definition) is 18. The Morgan fingerprint density at radius 1 is 0.473 bits per heavy atom. The number of fused-ring (bicyclic) bond motifs is 1. The van der Waals surface area contributed by atoms with Gasteiger partial charge in [0.25, 0.3) is 0 Å². The van der Waals surface area contributed by atoms with Crippen LogP contribution in [0.4, 0.5) is 0 Å². The molecule has 5 aliphatic rings. The van der Waals surface area contributed by atoms with Crippen molar-refractivity contribution in [3.8, 4) is 23.6 Å². The van der Waals surface area contributed by atoms with Crippen molar-refractivity contribution in [2.45, 2.75) is 188 Å². The van der Waals surface area contributed by atoms with Crippen molar-refractivity contribution in [3.63, 3.8) is 0 Å². The molecule has 16 nitrogen and oxygen atoms in total. The number of thioether (sulfide) groups is 2. The molecule has 0 bridgehead atoms. The fourth-order valence-corrected chi connectivity index (χ4v) is 12.5. The predicted octanol–water partition coefficient (Wildman–Crippen LogP) is 10.9. The molecule has 0 spiro atoms. The molecule has 4 saturated carbocycles. The molecule has 0 amide bonds. The van der Waals surface area contributed by atoms with Crippen LogP contribution < -0.4 is 9.47 Å². The van der Waals surface area contributed by atoms with Gasteiger partial charge in [0.1, 0.15) is 41.4 Å². The van der Waals surface area contributed by atoms with Gasteiger partial charge in [-0.2, -0.15) is 10.5 Å². The third kappa shape index (κ3) is 18.3. The van der Waals surface area contributed by atoms with Gasteiger partial charge in [0.2, 0.25) is 0 Å². The van der Waals surface area contributed by atoms with Gasteiger partial charge in [-0.25, -0.2) is 9.59 Å². The third-order valence-corrected chi connectivity index (χ3v) is 17.1. The summed E-state index contributed by atoms with van der Waals surface area (Å²) in [4.78, 5) is 76.9. The van der Waals surface area contributed by atoms with Crippen molar-refractivity contribution < 1.29 is 66.7 Å². The van der Waals surface area contributed by atoms with Crippen LogP contribution >= 0.6 is 23.5 Å². The SMILES string of the molecule is C=CC(=O)OCCCCCCOC1CCC(OC(=O)C2CCC(C(=O)Oc3ccc(OC(=O)C4CCC(C(=O)OC5CCC(OCCCCCCOC(=O)C=C)CC5)CC4)c4c3SC(=C(C#N)C#N)S4)CC2)CC1. The lowest BCUT2D eigenvalue weighted by Gasteiger charge is -2.31. The van der Waals surface area contributed by atoms with E-state index in [9.17, 15) is 39.3 Å². The van der Waals surface area contributed by atoms with E-state index in [1.807, 2.05) is 12.1 Å². The largest absolute Gasteiger partial charge is 0.463 e. The smallest absolute Gasteiger partial charge is 0.330 e. The van der Waals surface area contributed by atoms with Crippen LogP contribution in [0.1, 0.15) is 154 Å². The van der Waals surface area contributed by atoms with Crippen molar-refractivity contribution >= 4 is 59.3 Å². The number of allylic oxidation sites excluding steroid dienone is 1. The maximum absolute atomic E-state index is 13.6. The van der Waals surface area contributed by atoms with Crippen molar-refractivity contribution in [2.24, 2.45) is 23.7 Å². The van der Waals surface area contributed by atoms with Crippen molar-refractivity contribution in [2.75, 3.05) is 26.4 Å². The number of esters is 6. The molecule has 402 valence electrons. The Bertz CT molecular complexity index is 2070. The van der Waals surface area contributed by atoms with Gasteiger partial charge in [-0.1, -0.05) is 49.5 Å². The average molecular weight is 1060 g/mol. The Morgan fingerprint density at radius 2 is 0.797 bits per heavy atom. The molecule has 6 rings (SSSR count). The van der Waals surface area contributed by atoms with Gasteiger partial charge in [0.15, 0.2) is 0 Å². The minimum atomic E-state index is -0.446. The lowest BCUT2D eigenvalue weighted by molar-refractivity contribution is -0.160. The molecule has 0 atom stereocenters. The summed E-state index contributed by atoms with van der Waals surface area (Å²) in [5, 5.41) is 19.4. The van der Waals surface area contributed by atoms with E-state index < -0.39 is 35.7 Å². The van der Waals surface area contributed by atoms with Crippen LogP contribution in [0.5, 0.6) is 11.5 Å². The monoisotopic (exact) mass is 1060 g/mol. The van der Waals surface area contributed by atoms with Crippen LogP contribution in [0.2, 0.25) is 0 Å². The van der Waals surface area contributed by atoms with Gasteiger partial charge in [-0.15, -0.1) is 0 Å². The van der Waals surface area contributed by atoms with Crippen LogP contribution in [0.15, 0.2) is 57.0 Å². The molecular weight excluding hydrogens is 989 g/mol. The number of unbranched alkanes of at least 4 members (excludes halogenated alkanes) is 6. The summed E-state index contributed by atoms with van der Waals surface area (Å²) in [5.41, 5.74) is -0.111. The van der Waals surface area contributed by atoms with E-state index in [-0.39, 0.29) is 65.3 Å². The van der Waals surface area contributed by atoms with E-state index in [4.69, 9.17) is 37.9 Å². The second kappa shape index (κ2) is 31.0. The molecule has 0 radical (unpaired) electrons. The van der Waals surface area contributed by atoms with E-state index in [2.05, 4.69) is 13.2 Å². The number of hydrogen-bond donors (Lipinski definition) is 0. The molecule has 4 aliphatic carbocycles. The fraction of sp³-hybridized carbons (Fsp3) is 0.643. The van der Waals surface area contributed by atoms with Crippen LogP contribution in [0.3, 0.4) is 0 Å². The number of benzene rings is 1. The Labute approximate surface area is 443 Å². The lowest BCUT2D eigenvalue weighted by atomic mass is 9.82. The zero-order valence-corrected chi connectivity index (χ0v) is 44.2. The van der Waals surface area contributed by atoms with Gasteiger partial charge in [0, 0.05) is 25.4 Å². The van der Waals surface area contributed by atoms with Gasteiger partial charge < -0.3 is 37.9 Å². The number of carbonyl (C=O) groups is 6. The lowest BCUT2D eigenvalue weighted by Crippen LogP contribution is -2.33. The first-order valence-corrected chi connectivity index (χ1v) is 28.3. The van der Waals surface area contributed by atoms with E-state index in [1.165, 1.54) is 12.2 Å². The summed E-state index contributed by atoms with van der Waals surface area (Å²) >= 11 is 2.23. The molecule has 1 aromatic rings. The highest BCUT2D eigenvalue weighted by molar-refractivity contribution is 8.24. The van der Waals surface area contributed by atoms with Crippen LogP contribution in [-0.4, -0.2) is 86.7 Å². The quantitative estimate of drug-likeness (QED) is 0.0210. The molecule has 1 aromatic carbocycles. The topological polar surface area (TPSA) is 224 Å². The molecule has 0 aromatic heterocycles. The standard InChI is InChI=1S/C56H72N2O14S2/c1-3-48(59)67-33-11-7-5-9-31-65-42-21-25-44(26-22-42)69-52(61)37-13-17-39(18-14-37)54(63)71-46-29-30-47(51-50(46)73-56(74-51)41(35-57)36-58)72-55(64)40-19-15-38(16-20-40)53(62)70-45-27-23-43(24-28-45)66-32-10-6-8-12-34-68-49(60)4-2/h3-4,29-30,37-40,42-45H,1-2,5-28,31-34H2. The van der Waals surface area contributed by atoms with E-state index in [0.29, 0.717) is 91.8 Å². The van der Waals surface area contributed by atoms with Crippen molar-refractivity contribution in [3.05, 3.63) is 47.3 Å². The molecule has 4 fully saturated rings. The molecule has 1 aliphatic heterocycles. The number of nitrogens with zero attached hydrogens (tertiary/aromatic N) is 2. The molecule has 18 heteroatoms. The maximum atomic E-state index is 13.6. The zero-order valence-electron chi connectivity index (χ0n) is 42.6. The Balaban J connectivity index is 0.887. The summed E-state index contributed by atoms with van der Waals surface area (Å²) in [6, 6.07) is 6.98. The Morgan fingerprint density at radius 3 is 1.14 bits per heavy atom. The normalized spacial score (nSPS) is 24.4. The number of nitriles is 2. The molecule has 74 heavy (non-hydrogen) atoms. The summed E-state index contributed by atoms with van der Waals surface area (Å²) < 4.78 is 46.4. The van der Waals surface area contributed by atoms with Gasteiger partial charge in [-0.3, -0.25) is 19.2 Å². The highest BCUT2D eigenvalue weighted by Crippen LogP contribution is 2.59. The first-order chi connectivity index (χ1) is 36.0. The van der Waals surface area contributed by atoms with E-state index in [0.717, 1.165) is 126 Å². The molecule has 0 N–H and O–H groups in total. The minimum absolute atomic E-state index is 0.111. The Kier molecular flexibility index (Phi) is 24.4. The first kappa shape index (κ1) is 58.1. The molecular formula is C56H72N2O14S2. The highest BCUT2D eigenvalue weighted by atomic mass is 32.2. The molecule has 0 unspecified atom stereocenters. The highest BCUT2D eigenvalue weighted by Gasteiger charge is 2.38. The number of ether oxygens (including phenoxy) is 8.